The van der Waals surface area contributed by atoms with E-state index in [1.807, 2.05) is 0 Å². The highest BCUT2D eigenvalue weighted by Crippen LogP contribution is 2.29. The van der Waals surface area contributed by atoms with E-state index < -0.39 is 11.8 Å². The third-order valence-electron chi connectivity index (χ3n) is 2.71. The summed E-state index contributed by atoms with van der Waals surface area (Å²) >= 11 is 0. The number of imide groups is 1. The number of phenols is 1. The number of H-pyrrole nitrogens is 1. The molecule has 0 aliphatic carbocycles. The molecule has 0 saturated heterocycles. The molecule has 5 heteroatoms. The number of hydrogen-bond acceptors (Lipinski definition) is 3. The molecular formula is C12H8N2O3. The summed E-state index contributed by atoms with van der Waals surface area (Å²) in [5.74, 6) is -0.720. The minimum absolute atomic E-state index is 0.115. The maximum atomic E-state index is 11.5. The molecule has 1 aliphatic heterocycles. The Bertz CT molecular complexity index is 682. The van der Waals surface area contributed by atoms with Gasteiger partial charge in [0.2, 0.25) is 0 Å². The molecule has 84 valence electrons. The number of aromatic amines is 1. The van der Waals surface area contributed by atoms with Gasteiger partial charge >= 0.3 is 0 Å². The third kappa shape index (κ3) is 1.40. The van der Waals surface area contributed by atoms with Crippen molar-refractivity contribution in [2.24, 2.45) is 0 Å². The fourth-order valence-corrected chi connectivity index (χ4v) is 1.94. The highest BCUT2D eigenvalue weighted by Gasteiger charge is 2.24. The zero-order valence-corrected chi connectivity index (χ0v) is 8.65. The van der Waals surface area contributed by atoms with Crippen molar-refractivity contribution in [1.29, 1.82) is 0 Å². The number of benzene rings is 1. The van der Waals surface area contributed by atoms with Crippen LogP contribution in [0.4, 0.5) is 0 Å². The molecule has 0 atom stereocenters. The number of carbonyl (C=O) groups is 2. The number of nitrogens with one attached hydrogen (secondary N) is 2. The van der Waals surface area contributed by atoms with Crippen molar-refractivity contribution in [3.8, 4) is 5.75 Å². The molecule has 1 aromatic heterocycles. The van der Waals surface area contributed by atoms with Crippen LogP contribution in [0, 0.1) is 0 Å². The molecule has 5 nitrogen and oxygen atoms in total. The highest BCUT2D eigenvalue weighted by atomic mass is 16.3. The van der Waals surface area contributed by atoms with Crippen LogP contribution in [0.5, 0.6) is 5.75 Å². The molecule has 1 aromatic carbocycles. The van der Waals surface area contributed by atoms with Gasteiger partial charge in [0.05, 0.1) is 5.57 Å². The van der Waals surface area contributed by atoms with E-state index in [-0.39, 0.29) is 5.75 Å². The topological polar surface area (TPSA) is 82.2 Å². The van der Waals surface area contributed by atoms with Crippen LogP contribution in [0.2, 0.25) is 0 Å². The number of fused-ring (bicyclic) bond motifs is 1. The first-order valence-electron chi connectivity index (χ1n) is 5.02. The Labute approximate surface area is 95.8 Å². The number of phenolic OH excluding ortho intramolecular Hbond substituents is 1. The van der Waals surface area contributed by atoms with Gasteiger partial charge in [-0.2, -0.15) is 0 Å². The minimum Gasteiger partial charge on any atom is -0.508 e. The summed E-state index contributed by atoms with van der Waals surface area (Å²) in [6.45, 7) is 0. The first-order valence-corrected chi connectivity index (χ1v) is 5.02. The number of rotatable bonds is 1. The van der Waals surface area contributed by atoms with E-state index in [0.29, 0.717) is 16.5 Å². The lowest BCUT2D eigenvalue weighted by Crippen LogP contribution is -2.21. The van der Waals surface area contributed by atoms with Crippen LogP contribution in [0.1, 0.15) is 5.56 Å². The lowest BCUT2D eigenvalue weighted by atomic mass is 10.1. The van der Waals surface area contributed by atoms with Gasteiger partial charge in [0.15, 0.2) is 0 Å². The zero-order valence-electron chi connectivity index (χ0n) is 8.65. The van der Waals surface area contributed by atoms with Gasteiger partial charge in [-0.1, -0.05) is 0 Å². The number of hydrogen-bond donors (Lipinski definition) is 3. The van der Waals surface area contributed by atoms with Crippen LogP contribution in [-0.4, -0.2) is 21.9 Å². The molecule has 3 rings (SSSR count). The second-order valence-corrected chi connectivity index (χ2v) is 3.81. The van der Waals surface area contributed by atoms with Gasteiger partial charge in [-0.05, 0) is 18.2 Å². The highest BCUT2D eigenvalue weighted by molar-refractivity contribution is 6.35. The number of aromatic hydroxyl groups is 1. The first kappa shape index (κ1) is 9.65. The average Bonchev–Trinajstić information content (AvgIpc) is 2.81. The van der Waals surface area contributed by atoms with Crippen LogP contribution < -0.4 is 5.32 Å². The normalized spacial score (nSPS) is 15.2. The summed E-state index contributed by atoms with van der Waals surface area (Å²) in [5, 5.41) is 12.3. The molecule has 0 unspecified atom stereocenters. The predicted octanol–water partition coefficient (Wildman–Crippen LogP) is 0.913. The smallest absolute Gasteiger partial charge is 0.258 e. The largest absolute Gasteiger partial charge is 0.508 e. The van der Waals surface area contributed by atoms with E-state index in [4.69, 9.17) is 0 Å². The molecule has 3 N–H and O–H groups in total. The molecule has 1 aliphatic rings. The standard InChI is InChI=1S/C12H8N2O3/c15-6-1-2-10-7(3-6)9(5-13-10)8-4-11(16)14-12(8)17/h1-5,13,15H,(H,14,16,17). The Morgan fingerprint density at radius 3 is 2.71 bits per heavy atom. The summed E-state index contributed by atoms with van der Waals surface area (Å²) in [5.41, 5.74) is 1.72. The van der Waals surface area contributed by atoms with E-state index >= 15 is 0 Å². The molecule has 0 fully saturated rings. The average molecular weight is 228 g/mol. The van der Waals surface area contributed by atoms with Crippen molar-refractivity contribution in [1.82, 2.24) is 10.3 Å². The van der Waals surface area contributed by atoms with Gasteiger partial charge in [0.1, 0.15) is 5.75 Å². The van der Waals surface area contributed by atoms with Crippen molar-refractivity contribution in [2.75, 3.05) is 0 Å². The Morgan fingerprint density at radius 1 is 1.18 bits per heavy atom. The molecule has 0 spiro atoms. The van der Waals surface area contributed by atoms with Gasteiger partial charge in [-0.25, -0.2) is 0 Å². The van der Waals surface area contributed by atoms with Gasteiger partial charge < -0.3 is 10.1 Å². The van der Waals surface area contributed by atoms with Crippen LogP contribution in [0.15, 0.2) is 30.5 Å². The zero-order chi connectivity index (χ0) is 12.0. The van der Waals surface area contributed by atoms with Crippen LogP contribution in [0.25, 0.3) is 16.5 Å². The Kier molecular flexibility index (Phi) is 1.82. The molecular weight excluding hydrogens is 220 g/mol. The van der Waals surface area contributed by atoms with Gasteiger partial charge in [-0.15, -0.1) is 0 Å². The molecule has 2 heterocycles. The van der Waals surface area contributed by atoms with Crippen LogP contribution >= 0.6 is 0 Å². The van der Waals surface area contributed by atoms with Gasteiger partial charge in [-0.3, -0.25) is 14.9 Å². The summed E-state index contributed by atoms with van der Waals surface area (Å²) in [4.78, 5) is 25.6. The molecule has 17 heavy (non-hydrogen) atoms. The number of carbonyl (C=O) groups excluding carboxylic acids is 2. The minimum atomic E-state index is -0.417. The van der Waals surface area contributed by atoms with E-state index in [2.05, 4.69) is 10.3 Å². The SMILES string of the molecule is O=C1C=C(c2c[nH]c3ccc(O)cc23)C(=O)N1. The van der Waals surface area contributed by atoms with Gasteiger partial charge in [0, 0.05) is 28.7 Å². The quantitative estimate of drug-likeness (QED) is 0.634. The van der Waals surface area contributed by atoms with Crippen molar-refractivity contribution in [2.45, 2.75) is 0 Å². The summed E-state index contributed by atoms with van der Waals surface area (Å²) in [7, 11) is 0. The van der Waals surface area contributed by atoms with E-state index in [1.54, 1.807) is 24.4 Å². The Morgan fingerprint density at radius 2 is 2.00 bits per heavy atom. The number of aromatic nitrogens is 1. The maximum Gasteiger partial charge on any atom is 0.258 e. The summed E-state index contributed by atoms with van der Waals surface area (Å²) < 4.78 is 0. The Hall–Kier alpha value is -2.56. The second-order valence-electron chi connectivity index (χ2n) is 3.81. The van der Waals surface area contributed by atoms with Crippen molar-refractivity contribution in [3.63, 3.8) is 0 Å². The second kappa shape index (κ2) is 3.21. The Balaban J connectivity index is 2.25. The van der Waals surface area contributed by atoms with E-state index in [9.17, 15) is 14.7 Å². The molecule has 2 amide bonds. The predicted molar refractivity (Wildman–Crippen MR) is 61.1 cm³/mol. The van der Waals surface area contributed by atoms with Crippen LogP contribution in [-0.2, 0) is 9.59 Å². The summed E-state index contributed by atoms with van der Waals surface area (Å²) in [6.07, 6.45) is 2.91. The molecule has 0 radical (unpaired) electrons. The maximum absolute atomic E-state index is 11.5. The van der Waals surface area contributed by atoms with Crippen molar-refractivity contribution < 1.29 is 14.7 Å². The van der Waals surface area contributed by atoms with Crippen molar-refractivity contribution >= 4 is 28.3 Å². The van der Waals surface area contributed by atoms with E-state index in [0.717, 1.165) is 5.52 Å². The van der Waals surface area contributed by atoms with Gasteiger partial charge in [0.25, 0.3) is 11.8 Å². The lowest BCUT2D eigenvalue weighted by molar-refractivity contribution is -0.123. The number of amides is 2. The first-order chi connectivity index (χ1) is 8.15. The fraction of sp³-hybridized carbons (Fsp3) is 0. The van der Waals surface area contributed by atoms with E-state index in [1.165, 1.54) is 6.08 Å². The van der Waals surface area contributed by atoms with Crippen molar-refractivity contribution in [3.05, 3.63) is 36.0 Å². The fourth-order valence-electron chi connectivity index (χ4n) is 1.94. The molecule has 2 aromatic rings. The molecule has 0 bridgehead atoms. The third-order valence-corrected chi connectivity index (χ3v) is 2.71. The monoisotopic (exact) mass is 228 g/mol. The van der Waals surface area contributed by atoms with Crippen LogP contribution in [0.3, 0.4) is 0 Å². The summed E-state index contributed by atoms with van der Waals surface area (Å²) in [6, 6.07) is 4.82. The lowest BCUT2D eigenvalue weighted by Gasteiger charge is -1.98. The molecule has 0 saturated carbocycles.